The monoisotopic (exact) mass is 420 g/mol. The number of unbranched alkanes of at least 4 members (excludes halogenated alkanes) is 1. The van der Waals surface area contributed by atoms with Gasteiger partial charge in [0.25, 0.3) is 5.91 Å². The summed E-state index contributed by atoms with van der Waals surface area (Å²) in [6.45, 7) is 4.20. The highest BCUT2D eigenvalue weighted by atomic mass is 19.4. The third kappa shape index (κ3) is 5.68. The van der Waals surface area contributed by atoms with Crippen molar-refractivity contribution in [2.24, 2.45) is 0 Å². The number of halogens is 3. The van der Waals surface area contributed by atoms with Crippen molar-refractivity contribution in [2.75, 3.05) is 29.9 Å². The number of carbonyl (C=O) groups is 1. The molecule has 0 radical (unpaired) electrons. The molecule has 1 N–H and O–H groups in total. The lowest BCUT2D eigenvalue weighted by molar-refractivity contribution is -0.137. The summed E-state index contributed by atoms with van der Waals surface area (Å²) in [7, 11) is 0. The normalized spacial score (nSPS) is 14.5. The Labute approximate surface area is 175 Å². The first-order valence-corrected chi connectivity index (χ1v) is 10.4. The maximum atomic E-state index is 13.2. The van der Waals surface area contributed by atoms with Crippen LogP contribution in [0.3, 0.4) is 0 Å². The molecule has 0 spiro atoms. The quantitative estimate of drug-likeness (QED) is 0.548. The Bertz CT molecular complexity index is 845. The van der Waals surface area contributed by atoms with Crippen LogP contribution in [0.2, 0.25) is 0 Å². The summed E-state index contributed by atoms with van der Waals surface area (Å²) in [5, 5.41) is 2.69. The number of benzene rings is 2. The van der Waals surface area contributed by atoms with E-state index in [1.165, 1.54) is 6.07 Å². The number of nitrogens with one attached hydrogen (secondary N) is 1. The molecule has 0 aromatic heterocycles. The van der Waals surface area contributed by atoms with E-state index in [0.29, 0.717) is 23.6 Å². The van der Waals surface area contributed by atoms with Crippen LogP contribution < -0.4 is 15.0 Å². The van der Waals surface area contributed by atoms with Gasteiger partial charge < -0.3 is 15.0 Å². The van der Waals surface area contributed by atoms with Crippen LogP contribution in [0.4, 0.5) is 24.5 Å². The van der Waals surface area contributed by atoms with Crippen molar-refractivity contribution in [3.8, 4) is 5.75 Å². The topological polar surface area (TPSA) is 41.6 Å². The number of rotatable bonds is 7. The Morgan fingerprint density at radius 3 is 2.40 bits per heavy atom. The maximum absolute atomic E-state index is 13.2. The zero-order chi connectivity index (χ0) is 21.6. The van der Waals surface area contributed by atoms with Crippen molar-refractivity contribution >= 4 is 17.3 Å². The summed E-state index contributed by atoms with van der Waals surface area (Å²) < 4.78 is 45.3. The Hall–Kier alpha value is -2.70. The molecule has 2 aromatic rings. The van der Waals surface area contributed by atoms with Gasteiger partial charge in [-0.05, 0) is 68.1 Å². The van der Waals surface area contributed by atoms with Gasteiger partial charge in [0.05, 0.1) is 23.5 Å². The molecule has 1 aliphatic rings. The number of alkyl halides is 3. The second-order valence-electron chi connectivity index (χ2n) is 7.46. The minimum atomic E-state index is -4.47. The minimum absolute atomic E-state index is 0.181. The summed E-state index contributed by atoms with van der Waals surface area (Å²) >= 11 is 0. The molecule has 0 saturated carbocycles. The molecule has 0 unspecified atom stereocenters. The molecule has 2 aromatic carbocycles. The molecule has 3 rings (SSSR count). The maximum Gasteiger partial charge on any atom is 0.416 e. The summed E-state index contributed by atoms with van der Waals surface area (Å²) in [5.41, 5.74) is 0.383. The molecule has 1 fully saturated rings. The minimum Gasteiger partial charge on any atom is -0.494 e. The molecular weight excluding hydrogens is 393 g/mol. The van der Waals surface area contributed by atoms with Crippen molar-refractivity contribution < 1.29 is 22.7 Å². The average Bonchev–Trinajstić information content (AvgIpc) is 2.74. The average molecular weight is 420 g/mol. The van der Waals surface area contributed by atoms with Gasteiger partial charge in [-0.25, -0.2) is 0 Å². The third-order valence-electron chi connectivity index (χ3n) is 5.15. The molecule has 1 amide bonds. The Balaban J connectivity index is 1.80. The van der Waals surface area contributed by atoms with E-state index < -0.39 is 17.6 Å². The number of amides is 1. The SMILES string of the molecule is CCCCOc1ccc(C(=O)Nc2cc(C(F)(F)F)ccc2N2CCCCC2)cc1. The van der Waals surface area contributed by atoms with Crippen LogP contribution in [0, 0.1) is 0 Å². The van der Waals surface area contributed by atoms with Crippen LogP contribution in [0.5, 0.6) is 5.75 Å². The van der Waals surface area contributed by atoms with E-state index in [0.717, 1.165) is 57.3 Å². The predicted octanol–water partition coefficient (Wildman–Crippen LogP) is 6.13. The van der Waals surface area contributed by atoms with E-state index in [2.05, 4.69) is 12.2 Å². The van der Waals surface area contributed by atoms with Gasteiger partial charge in [0, 0.05) is 18.7 Å². The van der Waals surface area contributed by atoms with E-state index in [9.17, 15) is 18.0 Å². The summed E-state index contributed by atoms with van der Waals surface area (Å²) in [6, 6.07) is 10.2. The highest BCUT2D eigenvalue weighted by molar-refractivity contribution is 6.06. The molecule has 1 heterocycles. The lowest BCUT2D eigenvalue weighted by atomic mass is 10.1. The van der Waals surface area contributed by atoms with Crippen LogP contribution in [0.25, 0.3) is 0 Å². The van der Waals surface area contributed by atoms with Crippen molar-refractivity contribution in [3.05, 3.63) is 53.6 Å². The van der Waals surface area contributed by atoms with Crippen molar-refractivity contribution in [1.29, 1.82) is 0 Å². The fourth-order valence-corrected chi connectivity index (χ4v) is 3.45. The van der Waals surface area contributed by atoms with Gasteiger partial charge in [-0.1, -0.05) is 13.3 Å². The molecule has 1 aliphatic heterocycles. The van der Waals surface area contributed by atoms with Gasteiger partial charge in [0.2, 0.25) is 0 Å². The molecular formula is C23H27F3N2O2. The van der Waals surface area contributed by atoms with Gasteiger partial charge in [0.15, 0.2) is 0 Å². The number of carbonyl (C=O) groups excluding carboxylic acids is 1. The largest absolute Gasteiger partial charge is 0.494 e. The lowest BCUT2D eigenvalue weighted by Gasteiger charge is -2.31. The van der Waals surface area contributed by atoms with Crippen LogP contribution in [-0.2, 0) is 6.18 Å². The fourth-order valence-electron chi connectivity index (χ4n) is 3.45. The third-order valence-corrected chi connectivity index (χ3v) is 5.15. The summed E-state index contributed by atoms with van der Waals surface area (Å²) in [6.07, 6.45) is 0.554. The van der Waals surface area contributed by atoms with E-state index in [4.69, 9.17) is 4.74 Å². The highest BCUT2D eigenvalue weighted by Gasteiger charge is 2.32. The number of ether oxygens (including phenoxy) is 1. The highest BCUT2D eigenvalue weighted by Crippen LogP contribution is 2.36. The van der Waals surface area contributed by atoms with Gasteiger partial charge in [-0.2, -0.15) is 13.2 Å². The first-order chi connectivity index (χ1) is 14.4. The second-order valence-corrected chi connectivity index (χ2v) is 7.46. The number of hydrogen-bond donors (Lipinski definition) is 1. The van der Waals surface area contributed by atoms with Gasteiger partial charge in [-0.15, -0.1) is 0 Å². The lowest BCUT2D eigenvalue weighted by Crippen LogP contribution is -2.30. The fraction of sp³-hybridized carbons (Fsp3) is 0.435. The Morgan fingerprint density at radius 2 is 1.77 bits per heavy atom. The van der Waals surface area contributed by atoms with Crippen LogP contribution in [0.1, 0.15) is 54.9 Å². The summed E-state index contributed by atoms with van der Waals surface area (Å²) in [4.78, 5) is 14.8. The van der Waals surface area contributed by atoms with E-state index in [1.54, 1.807) is 24.3 Å². The van der Waals surface area contributed by atoms with E-state index in [-0.39, 0.29) is 5.69 Å². The number of piperidine rings is 1. The molecule has 0 bridgehead atoms. The van der Waals surface area contributed by atoms with Crippen molar-refractivity contribution in [1.82, 2.24) is 0 Å². The van der Waals surface area contributed by atoms with Gasteiger partial charge in [0.1, 0.15) is 5.75 Å². The molecule has 0 atom stereocenters. The standard InChI is InChI=1S/C23H27F3N2O2/c1-2-3-15-30-19-10-7-17(8-11-19)22(29)27-20-16-18(23(24,25)26)9-12-21(20)28-13-5-4-6-14-28/h7-12,16H,2-6,13-15H2,1H3,(H,27,29). The zero-order valence-electron chi connectivity index (χ0n) is 17.1. The molecule has 162 valence electrons. The molecule has 1 saturated heterocycles. The number of anilines is 2. The van der Waals surface area contributed by atoms with Crippen molar-refractivity contribution in [2.45, 2.75) is 45.2 Å². The molecule has 7 heteroatoms. The van der Waals surface area contributed by atoms with Crippen molar-refractivity contribution in [3.63, 3.8) is 0 Å². The van der Waals surface area contributed by atoms with Crippen LogP contribution in [0.15, 0.2) is 42.5 Å². The van der Waals surface area contributed by atoms with E-state index >= 15 is 0 Å². The van der Waals surface area contributed by atoms with Gasteiger partial charge in [-0.3, -0.25) is 4.79 Å². The number of nitrogens with zero attached hydrogens (tertiary/aromatic N) is 1. The zero-order valence-corrected chi connectivity index (χ0v) is 17.1. The molecule has 30 heavy (non-hydrogen) atoms. The van der Waals surface area contributed by atoms with E-state index in [1.807, 2.05) is 4.90 Å². The van der Waals surface area contributed by atoms with Crippen LogP contribution >= 0.6 is 0 Å². The Kier molecular flexibility index (Phi) is 7.24. The predicted molar refractivity (Wildman–Crippen MR) is 112 cm³/mol. The Morgan fingerprint density at radius 1 is 1.07 bits per heavy atom. The number of hydrogen-bond acceptors (Lipinski definition) is 3. The van der Waals surface area contributed by atoms with Crippen LogP contribution in [-0.4, -0.2) is 25.6 Å². The summed E-state index contributed by atoms with van der Waals surface area (Å²) in [5.74, 6) is 0.209. The van der Waals surface area contributed by atoms with Gasteiger partial charge >= 0.3 is 6.18 Å². The first kappa shape index (κ1) is 22.0. The first-order valence-electron chi connectivity index (χ1n) is 10.4. The second kappa shape index (κ2) is 9.87. The molecule has 4 nitrogen and oxygen atoms in total. The molecule has 0 aliphatic carbocycles. The smallest absolute Gasteiger partial charge is 0.416 e.